The predicted octanol–water partition coefficient (Wildman–Crippen LogP) is 3.33. The molecule has 28 heavy (non-hydrogen) atoms. The second kappa shape index (κ2) is 8.90. The Morgan fingerprint density at radius 2 is 1.75 bits per heavy atom. The fourth-order valence-corrected chi connectivity index (χ4v) is 2.57. The molecule has 1 amide bonds. The van der Waals surface area contributed by atoms with E-state index in [0.717, 1.165) is 11.3 Å². The van der Waals surface area contributed by atoms with Crippen LogP contribution in [0.15, 0.2) is 47.0 Å². The molecule has 3 aromatic rings. The zero-order chi connectivity index (χ0) is 19.9. The first-order valence-electron chi connectivity index (χ1n) is 8.62. The summed E-state index contributed by atoms with van der Waals surface area (Å²) in [5.41, 5.74) is 1.43. The average Bonchev–Trinajstić information content (AvgIpc) is 3.21. The summed E-state index contributed by atoms with van der Waals surface area (Å²) >= 11 is 0. The summed E-state index contributed by atoms with van der Waals surface area (Å²) in [4.78, 5) is 16.5. The number of carbonyl (C=O) groups is 1. The minimum absolute atomic E-state index is 0.170. The summed E-state index contributed by atoms with van der Waals surface area (Å²) in [6.07, 6.45) is 0.543. The summed E-state index contributed by atoms with van der Waals surface area (Å²) in [5.74, 6) is 2.58. The zero-order valence-electron chi connectivity index (χ0n) is 15.9. The van der Waals surface area contributed by atoms with Gasteiger partial charge in [-0.1, -0.05) is 5.16 Å². The Bertz CT molecular complexity index is 937. The van der Waals surface area contributed by atoms with Crippen LogP contribution in [0.3, 0.4) is 0 Å². The molecule has 0 aliphatic heterocycles. The van der Waals surface area contributed by atoms with E-state index in [9.17, 15) is 4.79 Å². The number of rotatable bonds is 8. The van der Waals surface area contributed by atoms with E-state index in [0.29, 0.717) is 35.3 Å². The molecule has 0 spiro atoms. The van der Waals surface area contributed by atoms with Crippen LogP contribution >= 0.6 is 0 Å². The van der Waals surface area contributed by atoms with Crippen molar-refractivity contribution < 1.29 is 23.5 Å². The molecule has 0 atom stereocenters. The molecule has 1 N–H and O–H groups in total. The van der Waals surface area contributed by atoms with Crippen molar-refractivity contribution in [3.05, 3.63) is 48.4 Å². The van der Waals surface area contributed by atoms with Crippen LogP contribution < -0.4 is 19.5 Å². The smallest absolute Gasteiger partial charge is 0.227 e. The molecule has 0 unspecified atom stereocenters. The maximum Gasteiger partial charge on any atom is 0.227 e. The second-order valence-electron chi connectivity index (χ2n) is 5.86. The maximum absolute atomic E-state index is 12.2. The van der Waals surface area contributed by atoms with Crippen molar-refractivity contribution in [3.63, 3.8) is 0 Å². The van der Waals surface area contributed by atoms with E-state index < -0.39 is 0 Å². The number of carbonyl (C=O) groups excluding carboxylic acids is 1. The first kappa shape index (κ1) is 19.2. The normalized spacial score (nSPS) is 10.4. The van der Waals surface area contributed by atoms with E-state index in [1.165, 1.54) is 0 Å². The summed E-state index contributed by atoms with van der Waals surface area (Å²) in [7, 11) is 4.70. The molecule has 0 fully saturated rings. The van der Waals surface area contributed by atoms with Crippen molar-refractivity contribution in [2.45, 2.75) is 12.8 Å². The zero-order valence-corrected chi connectivity index (χ0v) is 15.9. The summed E-state index contributed by atoms with van der Waals surface area (Å²) < 4.78 is 20.8. The van der Waals surface area contributed by atoms with Crippen LogP contribution in [-0.4, -0.2) is 37.4 Å². The highest BCUT2D eigenvalue weighted by atomic mass is 16.5. The Balaban J connectivity index is 1.57. The highest BCUT2D eigenvalue weighted by Gasteiger charge is 2.12. The number of hydrogen-bond donors (Lipinski definition) is 1. The molecule has 3 rings (SSSR count). The Morgan fingerprint density at radius 3 is 2.43 bits per heavy atom. The minimum Gasteiger partial charge on any atom is -0.497 e. The van der Waals surface area contributed by atoms with Gasteiger partial charge in [0.2, 0.25) is 17.6 Å². The molecule has 2 aromatic carbocycles. The molecule has 0 saturated heterocycles. The van der Waals surface area contributed by atoms with Gasteiger partial charge in [0.1, 0.15) is 5.75 Å². The van der Waals surface area contributed by atoms with Gasteiger partial charge in [0.25, 0.3) is 0 Å². The molecule has 1 aromatic heterocycles. The Morgan fingerprint density at radius 1 is 1.00 bits per heavy atom. The van der Waals surface area contributed by atoms with Gasteiger partial charge in [-0.15, -0.1) is 0 Å². The van der Waals surface area contributed by atoms with Gasteiger partial charge in [0.05, 0.1) is 21.3 Å². The Hall–Kier alpha value is -3.55. The van der Waals surface area contributed by atoms with Crippen molar-refractivity contribution >= 4 is 11.6 Å². The van der Waals surface area contributed by atoms with Gasteiger partial charge >= 0.3 is 0 Å². The number of aromatic nitrogens is 2. The number of ether oxygens (including phenoxy) is 3. The van der Waals surface area contributed by atoms with Crippen LogP contribution in [0, 0.1) is 0 Å². The second-order valence-corrected chi connectivity index (χ2v) is 5.86. The number of aryl methyl sites for hydroxylation is 1. The lowest BCUT2D eigenvalue weighted by molar-refractivity contribution is -0.116. The lowest BCUT2D eigenvalue weighted by Gasteiger charge is -2.10. The van der Waals surface area contributed by atoms with Crippen molar-refractivity contribution in [1.82, 2.24) is 10.1 Å². The Kier molecular flexibility index (Phi) is 6.11. The highest BCUT2D eigenvalue weighted by molar-refractivity contribution is 5.91. The van der Waals surface area contributed by atoms with E-state index >= 15 is 0 Å². The molecule has 0 aliphatic carbocycles. The summed E-state index contributed by atoms with van der Waals surface area (Å²) in [6, 6.07) is 12.5. The molecule has 146 valence electrons. The summed E-state index contributed by atoms with van der Waals surface area (Å²) in [6.45, 7) is 0. The van der Waals surface area contributed by atoms with Crippen molar-refractivity contribution in [2.75, 3.05) is 26.6 Å². The lowest BCUT2D eigenvalue weighted by atomic mass is 10.2. The van der Waals surface area contributed by atoms with Crippen LogP contribution in [0.2, 0.25) is 0 Å². The number of nitrogens with zero attached hydrogens (tertiary/aromatic N) is 2. The van der Waals surface area contributed by atoms with Gasteiger partial charge in [0, 0.05) is 30.2 Å². The molecule has 0 bridgehead atoms. The molecule has 8 nitrogen and oxygen atoms in total. The van der Waals surface area contributed by atoms with Crippen LogP contribution in [0.1, 0.15) is 12.3 Å². The first-order valence-corrected chi connectivity index (χ1v) is 8.62. The molecular weight excluding hydrogens is 362 g/mol. The SMILES string of the molecule is COc1ccc(-c2noc(CCC(=O)Nc3ccc(OC)c(OC)c3)n2)cc1. The highest BCUT2D eigenvalue weighted by Crippen LogP contribution is 2.29. The van der Waals surface area contributed by atoms with Crippen molar-refractivity contribution in [2.24, 2.45) is 0 Å². The fraction of sp³-hybridized carbons (Fsp3) is 0.250. The van der Waals surface area contributed by atoms with Gasteiger partial charge in [-0.2, -0.15) is 4.98 Å². The minimum atomic E-state index is -0.170. The van der Waals surface area contributed by atoms with Crippen molar-refractivity contribution in [3.8, 4) is 28.6 Å². The van der Waals surface area contributed by atoms with E-state index in [-0.39, 0.29) is 12.3 Å². The van der Waals surface area contributed by atoms with Gasteiger partial charge in [-0.3, -0.25) is 4.79 Å². The largest absolute Gasteiger partial charge is 0.497 e. The molecule has 1 heterocycles. The van der Waals surface area contributed by atoms with Gasteiger partial charge < -0.3 is 24.1 Å². The number of amides is 1. The number of benzene rings is 2. The van der Waals surface area contributed by atoms with Crippen LogP contribution in [0.25, 0.3) is 11.4 Å². The van der Waals surface area contributed by atoms with E-state index in [1.807, 2.05) is 24.3 Å². The average molecular weight is 383 g/mol. The quantitative estimate of drug-likeness (QED) is 0.637. The summed E-state index contributed by atoms with van der Waals surface area (Å²) in [5, 5.41) is 6.77. The monoisotopic (exact) mass is 383 g/mol. The van der Waals surface area contributed by atoms with Gasteiger partial charge in [-0.05, 0) is 36.4 Å². The van der Waals surface area contributed by atoms with E-state index in [2.05, 4.69) is 15.5 Å². The third kappa shape index (κ3) is 4.59. The molecular formula is C20H21N3O5. The lowest BCUT2D eigenvalue weighted by Crippen LogP contribution is -2.12. The van der Waals surface area contributed by atoms with Crippen molar-refractivity contribution in [1.29, 1.82) is 0 Å². The van der Waals surface area contributed by atoms with Crippen LogP contribution in [-0.2, 0) is 11.2 Å². The number of methoxy groups -OCH3 is 3. The molecule has 0 aliphatic rings. The first-order chi connectivity index (χ1) is 13.6. The van der Waals surface area contributed by atoms with E-state index in [4.69, 9.17) is 18.7 Å². The molecule has 0 saturated carbocycles. The molecule has 8 heteroatoms. The third-order valence-electron chi connectivity index (χ3n) is 4.05. The van der Waals surface area contributed by atoms with E-state index in [1.54, 1.807) is 39.5 Å². The van der Waals surface area contributed by atoms with Gasteiger partial charge in [-0.25, -0.2) is 0 Å². The van der Waals surface area contributed by atoms with Crippen LogP contribution in [0.4, 0.5) is 5.69 Å². The standard InChI is InChI=1S/C20H21N3O5/c1-25-15-7-4-13(5-8-15)20-22-19(28-23-20)11-10-18(24)21-14-6-9-16(26-2)17(12-14)27-3/h4-9,12H,10-11H2,1-3H3,(H,21,24). The molecule has 0 radical (unpaired) electrons. The third-order valence-corrected chi connectivity index (χ3v) is 4.05. The van der Waals surface area contributed by atoms with Crippen LogP contribution in [0.5, 0.6) is 17.2 Å². The number of nitrogens with one attached hydrogen (secondary N) is 1. The van der Waals surface area contributed by atoms with Gasteiger partial charge in [0.15, 0.2) is 11.5 Å². The fourth-order valence-electron chi connectivity index (χ4n) is 2.57. The maximum atomic E-state index is 12.2. The number of anilines is 1. The predicted molar refractivity (Wildman–Crippen MR) is 103 cm³/mol. The number of hydrogen-bond acceptors (Lipinski definition) is 7. The Labute approximate surface area is 162 Å². The topological polar surface area (TPSA) is 95.7 Å².